The van der Waals surface area contributed by atoms with Crippen LogP contribution in [-0.4, -0.2) is 37.1 Å². The number of carbonyl (C=O) groups excluding carboxylic acids is 4. The van der Waals surface area contributed by atoms with Crippen LogP contribution in [-0.2, 0) is 19.1 Å². The molecule has 262 valence electrons. The third-order valence-corrected chi connectivity index (χ3v) is 10.9. The Kier molecular flexibility index (Phi) is 14.4. The zero-order valence-electron chi connectivity index (χ0n) is 26.5. The second-order valence-electron chi connectivity index (χ2n) is 12.3. The molecule has 2 aliphatic rings. The van der Waals surface area contributed by atoms with Gasteiger partial charge in [0.1, 0.15) is 11.1 Å². The van der Waals surface area contributed by atoms with Gasteiger partial charge >= 0.3 is 23.9 Å². The molecule has 0 saturated heterocycles. The van der Waals surface area contributed by atoms with E-state index >= 15 is 0 Å². The highest BCUT2D eigenvalue weighted by molar-refractivity contribution is 6.47. The molecule has 8 nitrogen and oxygen atoms in total. The zero-order chi connectivity index (χ0) is 35.1. The highest BCUT2D eigenvalue weighted by atomic mass is 35.5. The normalized spacial score (nSPS) is 19.9. The summed E-state index contributed by atoms with van der Waals surface area (Å²) in [6, 6.07) is 2.27. The van der Waals surface area contributed by atoms with Crippen molar-refractivity contribution in [3.8, 4) is 11.5 Å². The standard InChI is InChI=1S/C34H36Cl6O8/c1-3-5-17-11-19(12-17)7-9-45-31(41)25-27(39)21(35)15-23(37)29(25)47-33(43)34(44)48-30-24(38)16-22(36)28(40)26(30)32(42)46-10-8-20-13-18(14-20)6-4-2/h15-20H,3-14H2,1-2H3. The highest BCUT2D eigenvalue weighted by Gasteiger charge is 2.33. The summed E-state index contributed by atoms with van der Waals surface area (Å²) < 4.78 is 21.2. The van der Waals surface area contributed by atoms with Crippen molar-refractivity contribution in [2.45, 2.75) is 78.1 Å². The summed E-state index contributed by atoms with van der Waals surface area (Å²) in [5.41, 5.74) is -0.894. The Labute approximate surface area is 309 Å². The van der Waals surface area contributed by atoms with Gasteiger partial charge in [-0.1, -0.05) is 109 Å². The molecule has 2 aromatic rings. The fraction of sp³-hybridized carbons (Fsp3) is 0.529. The summed E-state index contributed by atoms with van der Waals surface area (Å²) in [6.45, 7) is 4.48. The first-order valence-corrected chi connectivity index (χ1v) is 18.2. The molecule has 14 heteroatoms. The molecule has 0 aliphatic heterocycles. The lowest BCUT2D eigenvalue weighted by atomic mass is 9.71. The Bertz CT molecular complexity index is 1420. The van der Waals surface area contributed by atoms with Gasteiger partial charge in [0.15, 0.2) is 11.5 Å². The molecule has 2 saturated carbocycles. The van der Waals surface area contributed by atoms with Crippen molar-refractivity contribution in [2.24, 2.45) is 23.7 Å². The Morgan fingerprint density at radius 3 is 1.23 bits per heavy atom. The van der Waals surface area contributed by atoms with Gasteiger partial charge in [0.25, 0.3) is 0 Å². The van der Waals surface area contributed by atoms with Gasteiger partial charge in [-0.15, -0.1) is 0 Å². The monoisotopic (exact) mass is 782 g/mol. The van der Waals surface area contributed by atoms with Crippen molar-refractivity contribution in [1.82, 2.24) is 0 Å². The van der Waals surface area contributed by atoms with Gasteiger partial charge in [-0.3, -0.25) is 0 Å². The van der Waals surface area contributed by atoms with E-state index < -0.39 is 46.5 Å². The van der Waals surface area contributed by atoms with Crippen molar-refractivity contribution < 1.29 is 38.1 Å². The second-order valence-corrected chi connectivity index (χ2v) is 14.7. The Balaban J connectivity index is 1.43. The number of hydrogen-bond donors (Lipinski definition) is 0. The minimum absolute atomic E-state index is 0.0902. The molecule has 0 spiro atoms. The lowest BCUT2D eigenvalue weighted by Gasteiger charge is -2.35. The fourth-order valence-corrected chi connectivity index (χ4v) is 7.72. The van der Waals surface area contributed by atoms with E-state index in [2.05, 4.69) is 13.8 Å². The summed E-state index contributed by atoms with van der Waals surface area (Å²) in [6.07, 6.45) is 10.2. The van der Waals surface area contributed by atoms with E-state index in [1.165, 1.54) is 12.8 Å². The molecular formula is C34H36Cl6O8. The first kappa shape index (κ1) is 38.9. The molecule has 2 fully saturated rings. The van der Waals surface area contributed by atoms with Crippen LogP contribution in [0.4, 0.5) is 0 Å². The number of carbonyl (C=O) groups is 4. The predicted molar refractivity (Wildman–Crippen MR) is 186 cm³/mol. The Morgan fingerprint density at radius 2 is 0.896 bits per heavy atom. The van der Waals surface area contributed by atoms with Crippen LogP contribution in [0.15, 0.2) is 12.1 Å². The molecule has 0 atom stereocenters. The maximum atomic E-state index is 13.1. The smallest absolute Gasteiger partial charge is 0.423 e. The van der Waals surface area contributed by atoms with E-state index in [-0.39, 0.29) is 43.3 Å². The SMILES string of the molecule is CCCC1CC(CCOC(=O)c2c(Cl)c(Cl)cc(Cl)c2OC(=O)C(=O)Oc2c(Cl)cc(Cl)c(Cl)c2C(=O)OCCC2CC(CCC)C2)C1. The van der Waals surface area contributed by atoms with Crippen LogP contribution in [0.25, 0.3) is 0 Å². The molecule has 4 rings (SSSR count). The van der Waals surface area contributed by atoms with Crippen LogP contribution >= 0.6 is 69.6 Å². The van der Waals surface area contributed by atoms with Gasteiger partial charge in [0.05, 0.1) is 43.3 Å². The molecular weight excluding hydrogens is 749 g/mol. The summed E-state index contributed by atoms with van der Waals surface area (Å²) >= 11 is 37.4. The van der Waals surface area contributed by atoms with Gasteiger partial charge in [-0.2, -0.15) is 0 Å². The van der Waals surface area contributed by atoms with Crippen molar-refractivity contribution >= 4 is 93.5 Å². The third-order valence-electron chi connectivity index (χ3n) is 8.80. The molecule has 2 aliphatic carbocycles. The van der Waals surface area contributed by atoms with Gasteiger partial charge in [-0.25, -0.2) is 19.2 Å². The molecule has 0 radical (unpaired) electrons. The number of rotatable bonds is 14. The molecule has 48 heavy (non-hydrogen) atoms. The van der Waals surface area contributed by atoms with Crippen LogP contribution in [0.5, 0.6) is 11.5 Å². The molecule has 0 amide bonds. The van der Waals surface area contributed by atoms with Crippen LogP contribution in [0, 0.1) is 23.7 Å². The molecule has 0 unspecified atom stereocenters. The maximum Gasteiger partial charge on any atom is 0.423 e. The largest absolute Gasteiger partial charge is 0.462 e. The van der Waals surface area contributed by atoms with E-state index in [0.717, 1.165) is 50.7 Å². The van der Waals surface area contributed by atoms with Gasteiger partial charge in [0, 0.05) is 0 Å². The second kappa shape index (κ2) is 17.8. The average Bonchev–Trinajstić information content (AvgIpc) is 2.99. The molecule has 0 aromatic heterocycles. The van der Waals surface area contributed by atoms with Crippen molar-refractivity contribution in [2.75, 3.05) is 13.2 Å². The first-order valence-electron chi connectivity index (χ1n) is 16.0. The van der Waals surface area contributed by atoms with E-state index in [1.54, 1.807) is 0 Å². The average molecular weight is 785 g/mol. The third kappa shape index (κ3) is 9.64. The summed E-state index contributed by atoms with van der Waals surface area (Å²) in [5.74, 6) is -4.04. The molecule has 0 bridgehead atoms. The molecule has 2 aromatic carbocycles. The van der Waals surface area contributed by atoms with Crippen LogP contribution in [0.2, 0.25) is 30.1 Å². The van der Waals surface area contributed by atoms with Crippen molar-refractivity contribution in [3.63, 3.8) is 0 Å². The first-order chi connectivity index (χ1) is 22.8. The maximum absolute atomic E-state index is 13.1. The molecule has 0 heterocycles. The van der Waals surface area contributed by atoms with E-state index in [9.17, 15) is 19.2 Å². The lowest BCUT2D eigenvalue weighted by Crippen LogP contribution is -2.28. The number of benzene rings is 2. The van der Waals surface area contributed by atoms with E-state index in [0.29, 0.717) is 36.5 Å². The van der Waals surface area contributed by atoms with Crippen molar-refractivity contribution in [1.29, 1.82) is 0 Å². The van der Waals surface area contributed by atoms with Gasteiger partial charge in [0.2, 0.25) is 0 Å². The van der Waals surface area contributed by atoms with Gasteiger partial charge < -0.3 is 18.9 Å². The quantitative estimate of drug-likeness (QED) is 0.0807. The number of hydrogen-bond acceptors (Lipinski definition) is 8. The summed E-state index contributed by atoms with van der Waals surface area (Å²) in [4.78, 5) is 52.1. The van der Waals surface area contributed by atoms with Crippen molar-refractivity contribution in [3.05, 3.63) is 53.4 Å². The summed E-state index contributed by atoms with van der Waals surface area (Å²) in [7, 11) is 0. The summed E-state index contributed by atoms with van der Waals surface area (Å²) in [5, 5.41) is -1.42. The van der Waals surface area contributed by atoms with Crippen LogP contribution in [0.3, 0.4) is 0 Å². The fourth-order valence-electron chi connectivity index (χ4n) is 6.28. The highest BCUT2D eigenvalue weighted by Crippen LogP contribution is 2.43. The lowest BCUT2D eigenvalue weighted by molar-refractivity contribution is -0.156. The minimum Gasteiger partial charge on any atom is -0.462 e. The number of halogens is 6. The number of ether oxygens (including phenoxy) is 4. The Hall–Kier alpha value is -1.94. The van der Waals surface area contributed by atoms with Gasteiger partial charge in [-0.05, 0) is 74.3 Å². The zero-order valence-corrected chi connectivity index (χ0v) is 31.0. The van der Waals surface area contributed by atoms with E-state index in [1.807, 2.05) is 0 Å². The Morgan fingerprint density at radius 1 is 0.562 bits per heavy atom. The topological polar surface area (TPSA) is 105 Å². The predicted octanol–water partition coefficient (Wildman–Crippen LogP) is 10.9. The van der Waals surface area contributed by atoms with E-state index in [4.69, 9.17) is 88.6 Å². The van der Waals surface area contributed by atoms with Crippen LogP contribution < -0.4 is 9.47 Å². The minimum atomic E-state index is -1.63. The molecule has 0 N–H and O–H groups in total. The van der Waals surface area contributed by atoms with Crippen LogP contribution in [0.1, 0.15) is 98.8 Å². The number of esters is 4.